The minimum Gasteiger partial charge on any atom is -0.383 e. The summed E-state index contributed by atoms with van der Waals surface area (Å²) in [6, 6.07) is 7.73. The molecule has 90 valence electrons. The van der Waals surface area contributed by atoms with Gasteiger partial charge in [0, 0.05) is 35.6 Å². The quantitative estimate of drug-likeness (QED) is 0.769. The third-order valence-corrected chi connectivity index (χ3v) is 3.20. The Balaban J connectivity index is 2.04. The predicted octanol–water partition coefficient (Wildman–Crippen LogP) is 2.56. The molecule has 0 unspecified atom stereocenters. The van der Waals surface area contributed by atoms with Gasteiger partial charge in [0.1, 0.15) is 5.82 Å². The summed E-state index contributed by atoms with van der Waals surface area (Å²) in [4.78, 5) is 8.34. The zero-order valence-electron chi connectivity index (χ0n) is 9.55. The molecule has 4 nitrogen and oxygen atoms in total. The molecule has 18 heavy (non-hydrogen) atoms. The summed E-state index contributed by atoms with van der Waals surface area (Å²) in [5.41, 5.74) is 7.91. The maximum atomic E-state index is 6.14. The molecule has 2 heterocycles. The van der Waals surface area contributed by atoms with Crippen molar-refractivity contribution in [3.63, 3.8) is 0 Å². The second-order valence-electron chi connectivity index (χ2n) is 4.05. The Kier molecular flexibility index (Phi) is 2.64. The Morgan fingerprint density at radius 2 is 2.06 bits per heavy atom. The lowest BCUT2D eigenvalue weighted by Gasteiger charge is -2.07. The van der Waals surface area contributed by atoms with Crippen molar-refractivity contribution in [2.45, 2.75) is 6.42 Å². The fraction of sp³-hybridized carbons (Fsp3) is 0.0769. The topological polar surface area (TPSA) is 56.2 Å². The first-order chi connectivity index (χ1) is 8.74. The van der Waals surface area contributed by atoms with Gasteiger partial charge in [-0.3, -0.25) is 4.40 Å². The smallest absolute Gasteiger partial charge is 0.235 e. The zero-order valence-corrected chi connectivity index (χ0v) is 10.3. The Morgan fingerprint density at radius 3 is 2.89 bits per heavy atom. The van der Waals surface area contributed by atoms with Gasteiger partial charge in [-0.25, -0.2) is 4.98 Å². The molecule has 0 saturated carbocycles. The first kappa shape index (κ1) is 11.0. The number of nitrogens with zero attached hydrogens (tertiary/aromatic N) is 3. The Hall–Kier alpha value is -2.07. The molecule has 2 N–H and O–H groups in total. The van der Waals surface area contributed by atoms with Crippen molar-refractivity contribution in [1.29, 1.82) is 0 Å². The van der Waals surface area contributed by atoms with Crippen LogP contribution in [0, 0.1) is 0 Å². The number of nitrogens with two attached hydrogens (primary N) is 1. The van der Waals surface area contributed by atoms with Gasteiger partial charge >= 0.3 is 0 Å². The lowest BCUT2D eigenvalue weighted by Crippen LogP contribution is -2.02. The summed E-state index contributed by atoms with van der Waals surface area (Å²) in [7, 11) is 0. The van der Waals surface area contributed by atoms with Gasteiger partial charge in [-0.2, -0.15) is 4.98 Å². The Morgan fingerprint density at radius 1 is 1.22 bits per heavy atom. The number of halogens is 1. The van der Waals surface area contributed by atoms with Crippen molar-refractivity contribution < 1.29 is 0 Å². The Labute approximate surface area is 109 Å². The van der Waals surface area contributed by atoms with Crippen LogP contribution in [-0.2, 0) is 6.42 Å². The third-order valence-electron chi connectivity index (χ3n) is 2.83. The average Bonchev–Trinajstić information content (AvgIpc) is 2.79. The van der Waals surface area contributed by atoms with Gasteiger partial charge in [-0.15, -0.1) is 0 Å². The molecule has 1 aromatic carbocycles. The Bertz CT molecular complexity index is 705. The summed E-state index contributed by atoms with van der Waals surface area (Å²) >= 11 is 6.14. The van der Waals surface area contributed by atoms with Gasteiger partial charge in [0.15, 0.2) is 0 Å². The van der Waals surface area contributed by atoms with E-state index >= 15 is 0 Å². The molecule has 0 atom stereocenters. The SMILES string of the molecule is Nc1nc2nccn2cc1Cc1ccccc1Cl. The molecule has 0 aliphatic heterocycles. The van der Waals surface area contributed by atoms with Gasteiger partial charge in [0.2, 0.25) is 5.78 Å². The van der Waals surface area contributed by atoms with Crippen molar-refractivity contribution >= 4 is 23.2 Å². The summed E-state index contributed by atoms with van der Waals surface area (Å²) in [5.74, 6) is 1.10. The fourth-order valence-electron chi connectivity index (χ4n) is 1.89. The molecule has 0 radical (unpaired) electrons. The number of imidazole rings is 1. The van der Waals surface area contributed by atoms with Gasteiger partial charge < -0.3 is 5.73 Å². The number of hydrogen-bond donors (Lipinski definition) is 1. The molecular weight excluding hydrogens is 248 g/mol. The van der Waals surface area contributed by atoms with E-state index in [1.807, 2.05) is 41.1 Å². The molecule has 0 saturated heterocycles. The molecule has 2 aromatic heterocycles. The van der Waals surface area contributed by atoms with E-state index < -0.39 is 0 Å². The van der Waals surface area contributed by atoms with E-state index in [1.165, 1.54) is 0 Å². The number of rotatable bonds is 2. The normalized spacial score (nSPS) is 10.9. The standard InChI is InChI=1S/C13H11ClN4/c14-11-4-2-1-3-9(11)7-10-8-18-6-5-16-13(18)17-12(10)15/h1-6,8H,7H2,(H2,15,16,17). The molecular formula is C13H11ClN4. The number of nitrogen functional groups attached to an aromatic ring is 1. The molecule has 0 bridgehead atoms. The maximum Gasteiger partial charge on any atom is 0.235 e. The highest BCUT2D eigenvalue weighted by Gasteiger charge is 2.07. The van der Waals surface area contributed by atoms with Gasteiger partial charge in [0.05, 0.1) is 0 Å². The number of aromatic nitrogens is 3. The van der Waals surface area contributed by atoms with E-state index in [1.54, 1.807) is 6.20 Å². The maximum absolute atomic E-state index is 6.14. The number of hydrogen-bond acceptors (Lipinski definition) is 3. The van der Waals surface area contributed by atoms with E-state index in [9.17, 15) is 0 Å². The molecule has 0 fully saturated rings. The van der Waals surface area contributed by atoms with Crippen LogP contribution in [0.1, 0.15) is 11.1 Å². The minimum absolute atomic E-state index is 0.494. The summed E-state index contributed by atoms with van der Waals surface area (Å²) < 4.78 is 1.85. The van der Waals surface area contributed by atoms with Crippen LogP contribution in [0.4, 0.5) is 5.82 Å². The fourth-order valence-corrected chi connectivity index (χ4v) is 2.09. The first-order valence-electron chi connectivity index (χ1n) is 5.55. The molecule has 3 rings (SSSR count). The molecule has 5 heteroatoms. The highest BCUT2D eigenvalue weighted by atomic mass is 35.5. The second-order valence-corrected chi connectivity index (χ2v) is 4.46. The number of benzene rings is 1. The van der Waals surface area contributed by atoms with Gasteiger partial charge in [-0.05, 0) is 11.6 Å². The van der Waals surface area contributed by atoms with Crippen molar-refractivity contribution in [3.8, 4) is 0 Å². The molecule has 0 spiro atoms. The first-order valence-corrected chi connectivity index (χ1v) is 5.93. The summed E-state index contributed by atoms with van der Waals surface area (Å²) in [5, 5.41) is 0.739. The monoisotopic (exact) mass is 258 g/mol. The molecule has 0 aliphatic carbocycles. The molecule has 3 aromatic rings. The van der Waals surface area contributed by atoms with Crippen LogP contribution < -0.4 is 5.73 Å². The van der Waals surface area contributed by atoms with Crippen LogP contribution in [0.25, 0.3) is 5.78 Å². The van der Waals surface area contributed by atoms with E-state index in [-0.39, 0.29) is 0 Å². The van der Waals surface area contributed by atoms with Gasteiger partial charge in [0.25, 0.3) is 0 Å². The molecule has 0 amide bonds. The highest BCUT2D eigenvalue weighted by Crippen LogP contribution is 2.21. The molecule has 0 aliphatic rings. The summed E-state index contributed by atoms with van der Waals surface area (Å²) in [6.45, 7) is 0. The summed E-state index contributed by atoms with van der Waals surface area (Å²) in [6.07, 6.45) is 6.14. The lowest BCUT2D eigenvalue weighted by atomic mass is 10.1. The van der Waals surface area contributed by atoms with Crippen molar-refractivity contribution in [2.75, 3.05) is 5.73 Å². The van der Waals surface area contributed by atoms with E-state index in [0.717, 1.165) is 16.1 Å². The minimum atomic E-state index is 0.494. The number of anilines is 1. The number of fused-ring (bicyclic) bond motifs is 1. The van der Waals surface area contributed by atoms with Crippen LogP contribution in [-0.4, -0.2) is 14.4 Å². The van der Waals surface area contributed by atoms with Crippen molar-refractivity contribution in [1.82, 2.24) is 14.4 Å². The largest absolute Gasteiger partial charge is 0.383 e. The third kappa shape index (κ3) is 1.91. The van der Waals surface area contributed by atoms with Crippen LogP contribution >= 0.6 is 11.6 Å². The van der Waals surface area contributed by atoms with Crippen molar-refractivity contribution in [3.05, 3.63) is 59.0 Å². The average molecular weight is 259 g/mol. The van der Waals surface area contributed by atoms with Crippen molar-refractivity contribution in [2.24, 2.45) is 0 Å². The second kappa shape index (κ2) is 4.31. The highest BCUT2D eigenvalue weighted by molar-refractivity contribution is 6.31. The van der Waals surface area contributed by atoms with Crippen LogP contribution in [0.2, 0.25) is 5.02 Å². The van der Waals surface area contributed by atoms with Crippen LogP contribution in [0.5, 0.6) is 0 Å². The predicted molar refractivity (Wildman–Crippen MR) is 71.7 cm³/mol. The zero-order chi connectivity index (χ0) is 12.5. The van der Waals surface area contributed by atoms with Crippen LogP contribution in [0.3, 0.4) is 0 Å². The van der Waals surface area contributed by atoms with E-state index in [4.69, 9.17) is 17.3 Å². The van der Waals surface area contributed by atoms with Crippen LogP contribution in [0.15, 0.2) is 42.9 Å². The van der Waals surface area contributed by atoms with E-state index in [0.29, 0.717) is 18.0 Å². The lowest BCUT2D eigenvalue weighted by molar-refractivity contribution is 1.05. The van der Waals surface area contributed by atoms with Gasteiger partial charge in [-0.1, -0.05) is 29.8 Å². The van der Waals surface area contributed by atoms with E-state index in [2.05, 4.69) is 9.97 Å².